The van der Waals surface area contributed by atoms with Crippen LogP contribution in [0.5, 0.6) is 0 Å². The highest BCUT2D eigenvalue weighted by molar-refractivity contribution is 7.47. The molecule has 0 rings (SSSR count). The number of hydrogen-bond donors (Lipinski definition) is 1. The quantitative estimate of drug-likeness (QED) is 0.0280. The number of nitrogens with zero attached hydrogens (tertiary/aromatic N) is 1. The Hall–Kier alpha value is -0.990. The van der Waals surface area contributed by atoms with Crippen molar-refractivity contribution < 1.29 is 42.1 Å². The van der Waals surface area contributed by atoms with Gasteiger partial charge in [-0.15, -0.1) is 0 Å². The Morgan fingerprint density at radius 2 is 0.789 bits per heavy atom. The van der Waals surface area contributed by atoms with Crippen LogP contribution in [0, 0.1) is 0 Å². The lowest BCUT2D eigenvalue weighted by Crippen LogP contribution is -2.37. The first-order valence-corrected chi connectivity index (χ1v) is 25.8. The number of esters is 2. The lowest BCUT2D eigenvalue weighted by Gasteiger charge is -2.24. The van der Waals surface area contributed by atoms with Crippen molar-refractivity contribution in [2.75, 3.05) is 47.5 Å². The molecule has 0 aliphatic carbocycles. The van der Waals surface area contributed by atoms with Gasteiger partial charge in [-0.25, -0.2) is 4.57 Å². The minimum Gasteiger partial charge on any atom is -0.462 e. The molecule has 9 nitrogen and oxygen atoms in total. The lowest BCUT2D eigenvalue weighted by atomic mass is 10.0. The predicted octanol–water partition coefficient (Wildman–Crippen LogP) is 14.0. The molecule has 0 bridgehead atoms. The molecular weight excluding hydrogens is 737 g/mol. The van der Waals surface area contributed by atoms with Crippen molar-refractivity contribution in [2.45, 2.75) is 245 Å². The van der Waals surface area contributed by atoms with Crippen molar-refractivity contribution in [1.29, 1.82) is 0 Å². The summed E-state index contributed by atoms with van der Waals surface area (Å²) in [7, 11) is 1.50. The molecule has 2 unspecified atom stereocenters. The van der Waals surface area contributed by atoms with Crippen molar-refractivity contribution in [2.24, 2.45) is 0 Å². The molecule has 340 valence electrons. The van der Waals surface area contributed by atoms with Crippen LogP contribution in [0.1, 0.15) is 239 Å². The topological polar surface area (TPSA) is 108 Å². The Labute approximate surface area is 353 Å². The third-order valence-electron chi connectivity index (χ3n) is 10.9. The summed E-state index contributed by atoms with van der Waals surface area (Å²) in [5.74, 6) is -0.780. The monoisotopic (exact) mass is 833 g/mol. The molecular formula is C47H95NO8P+. The highest BCUT2D eigenvalue weighted by Crippen LogP contribution is 2.43. The molecule has 0 fully saturated rings. The van der Waals surface area contributed by atoms with Gasteiger partial charge >= 0.3 is 19.8 Å². The van der Waals surface area contributed by atoms with Crippen LogP contribution in [0.3, 0.4) is 0 Å². The Bertz CT molecular complexity index is 943. The lowest BCUT2D eigenvalue weighted by molar-refractivity contribution is -0.870. The van der Waals surface area contributed by atoms with E-state index in [0.717, 1.165) is 38.5 Å². The van der Waals surface area contributed by atoms with Gasteiger partial charge in [-0.05, 0) is 12.8 Å². The number of unbranched alkanes of at least 4 members (excludes halogenated alkanes) is 31. The maximum atomic E-state index is 12.7. The normalized spacial score (nSPS) is 13.4. The summed E-state index contributed by atoms with van der Waals surface area (Å²) in [6.07, 6.45) is 41.5. The van der Waals surface area contributed by atoms with Crippen LogP contribution in [0.4, 0.5) is 0 Å². The molecule has 0 spiro atoms. The van der Waals surface area contributed by atoms with Crippen LogP contribution in [0.15, 0.2) is 0 Å². The van der Waals surface area contributed by atoms with Gasteiger partial charge in [0.25, 0.3) is 0 Å². The highest BCUT2D eigenvalue weighted by atomic mass is 31.2. The molecule has 57 heavy (non-hydrogen) atoms. The van der Waals surface area contributed by atoms with Crippen molar-refractivity contribution in [1.82, 2.24) is 0 Å². The van der Waals surface area contributed by atoms with Gasteiger partial charge in [-0.3, -0.25) is 18.6 Å². The highest BCUT2D eigenvalue weighted by Gasteiger charge is 2.27. The molecule has 2 atom stereocenters. The number of quaternary nitrogens is 1. The number of likely N-dealkylation sites (N-methyl/N-ethyl adjacent to an activating group) is 1. The summed E-state index contributed by atoms with van der Waals surface area (Å²) < 4.78 is 34.4. The van der Waals surface area contributed by atoms with Gasteiger partial charge in [0.2, 0.25) is 0 Å². The van der Waals surface area contributed by atoms with E-state index in [2.05, 4.69) is 13.8 Å². The van der Waals surface area contributed by atoms with E-state index in [9.17, 15) is 19.0 Å². The zero-order chi connectivity index (χ0) is 42.1. The largest absolute Gasteiger partial charge is 0.472 e. The molecule has 10 heteroatoms. The van der Waals surface area contributed by atoms with Gasteiger partial charge in [0, 0.05) is 12.8 Å². The van der Waals surface area contributed by atoms with Crippen molar-refractivity contribution in [3.8, 4) is 0 Å². The third-order valence-corrected chi connectivity index (χ3v) is 11.9. The summed E-state index contributed by atoms with van der Waals surface area (Å²) in [5.41, 5.74) is 0. The molecule has 0 heterocycles. The summed E-state index contributed by atoms with van der Waals surface area (Å²) in [4.78, 5) is 35.4. The Morgan fingerprint density at radius 3 is 1.12 bits per heavy atom. The molecule has 0 saturated heterocycles. The molecule has 0 aromatic rings. The zero-order valence-electron chi connectivity index (χ0n) is 38.4. The standard InChI is InChI=1S/C47H94NO8P/c1-6-8-10-12-14-16-18-20-22-23-24-25-26-28-29-31-33-35-37-39-46(49)53-43-45(44-55-57(51,52)54-42-41-48(3,4)5)56-47(50)40-38-36-34-32-30-27-21-19-17-15-13-11-9-7-2/h45H,6-44H2,1-5H3/p+1. The van der Waals surface area contributed by atoms with Crippen molar-refractivity contribution in [3.63, 3.8) is 0 Å². The van der Waals surface area contributed by atoms with E-state index in [4.69, 9.17) is 18.5 Å². The van der Waals surface area contributed by atoms with Crippen LogP contribution in [0.2, 0.25) is 0 Å². The van der Waals surface area contributed by atoms with E-state index in [1.54, 1.807) is 0 Å². The Balaban J connectivity index is 4.22. The first-order chi connectivity index (χ1) is 27.5. The molecule has 0 aliphatic heterocycles. The second kappa shape index (κ2) is 40.4. The van der Waals surface area contributed by atoms with Gasteiger partial charge in [-0.2, -0.15) is 0 Å². The number of phosphoric acid groups is 1. The zero-order valence-corrected chi connectivity index (χ0v) is 39.2. The number of hydrogen-bond acceptors (Lipinski definition) is 7. The molecule has 0 aliphatic rings. The second-order valence-corrected chi connectivity index (χ2v) is 19.3. The van der Waals surface area contributed by atoms with Crippen LogP contribution in [-0.2, 0) is 32.7 Å². The number of rotatable bonds is 45. The fraction of sp³-hybridized carbons (Fsp3) is 0.957. The second-order valence-electron chi connectivity index (χ2n) is 17.9. The molecule has 0 radical (unpaired) electrons. The first kappa shape index (κ1) is 56.0. The fourth-order valence-corrected chi connectivity index (χ4v) is 7.82. The number of carbonyl (C=O) groups excluding carboxylic acids is 2. The summed E-state index contributed by atoms with van der Waals surface area (Å²) >= 11 is 0. The summed E-state index contributed by atoms with van der Waals surface area (Å²) in [6, 6.07) is 0. The summed E-state index contributed by atoms with van der Waals surface area (Å²) in [5, 5.41) is 0. The molecule has 0 amide bonds. The van der Waals surface area contributed by atoms with Crippen LogP contribution in [0.25, 0.3) is 0 Å². The van der Waals surface area contributed by atoms with E-state index < -0.39 is 26.5 Å². The van der Waals surface area contributed by atoms with Gasteiger partial charge in [0.1, 0.15) is 19.8 Å². The number of phosphoric ester groups is 1. The Kier molecular flexibility index (Phi) is 39.7. The molecule has 0 aromatic carbocycles. The average molecular weight is 833 g/mol. The summed E-state index contributed by atoms with van der Waals surface area (Å²) in [6.45, 7) is 4.47. The predicted molar refractivity (Wildman–Crippen MR) is 238 cm³/mol. The van der Waals surface area contributed by atoms with Crippen LogP contribution >= 0.6 is 7.82 Å². The van der Waals surface area contributed by atoms with Gasteiger partial charge < -0.3 is 18.9 Å². The Morgan fingerprint density at radius 1 is 0.474 bits per heavy atom. The van der Waals surface area contributed by atoms with Crippen molar-refractivity contribution >= 4 is 19.8 Å². The van der Waals surface area contributed by atoms with Crippen molar-refractivity contribution in [3.05, 3.63) is 0 Å². The van der Waals surface area contributed by atoms with E-state index in [1.807, 2.05) is 21.1 Å². The molecule has 0 aromatic heterocycles. The van der Waals surface area contributed by atoms with Gasteiger partial charge in [0.15, 0.2) is 6.10 Å². The smallest absolute Gasteiger partial charge is 0.462 e. The number of ether oxygens (including phenoxy) is 2. The SMILES string of the molecule is CCCCCCCCCCCCCCCCCCCCCC(=O)OCC(COP(=O)(O)OCC[N+](C)(C)C)OC(=O)CCCCCCCCCCCCCCCC. The molecule has 0 saturated carbocycles. The van der Waals surface area contributed by atoms with Crippen LogP contribution < -0.4 is 0 Å². The fourth-order valence-electron chi connectivity index (χ4n) is 7.08. The maximum absolute atomic E-state index is 12.7. The minimum absolute atomic E-state index is 0.0370. The molecule has 1 N–H and O–H groups in total. The van der Waals surface area contributed by atoms with Gasteiger partial charge in [-0.1, -0.05) is 213 Å². The number of carbonyl (C=O) groups is 2. The van der Waals surface area contributed by atoms with E-state index >= 15 is 0 Å². The van der Waals surface area contributed by atoms with E-state index in [-0.39, 0.29) is 25.6 Å². The van der Waals surface area contributed by atoms with E-state index in [1.165, 1.54) is 173 Å². The van der Waals surface area contributed by atoms with E-state index in [0.29, 0.717) is 17.4 Å². The minimum atomic E-state index is -4.37. The maximum Gasteiger partial charge on any atom is 0.472 e. The first-order valence-electron chi connectivity index (χ1n) is 24.3. The average Bonchev–Trinajstić information content (AvgIpc) is 3.16. The van der Waals surface area contributed by atoms with Crippen LogP contribution in [-0.4, -0.2) is 74.9 Å². The third kappa shape index (κ3) is 44.4. The van der Waals surface area contributed by atoms with Gasteiger partial charge in [0.05, 0.1) is 27.7 Å².